The molecule has 134 valence electrons. The third-order valence-electron chi connectivity index (χ3n) is 4.81. The lowest BCUT2D eigenvalue weighted by atomic mass is 10.0. The number of H-pyrrole nitrogens is 1. The quantitative estimate of drug-likeness (QED) is 0.743. The van der Waals surface area contributed by atoms with E-state index in [1.807, 2.05) is 53.4 Å². The van der Waals surface area contributed by atoms with Crippen molar-refractivity contribution in [1.82, 2.24) is 20.2 Å². The molecule has 2 amide bonds. The highest BCUT2D eigenvalue weighted by atomic mass is 16.5. The number of carbonyl (C=O) groups is 1. The smallest absolute Gasteiger partial charge is 0.317 e. The van der Waals surface area contributed by atoms with Crippen LogP contribution in [0.5, 0.6) is 5.75 Å². The van der Waals surface area contributed by atoms with E-state index in [9.17, 15) is 4.79 Å². The van der Waals surface area contributed by atoms with Gasteiger partial charge in [-0.2, -0.15) is 0 Å². The lowest BCUT2D eigenvalue weighted by molar-refractivity contribution is 0.149. The van der Waals surface area contributed by atoms with Gasteiger partial charge in [-0.1, -0.05) is 24.3 Å². The second-order valence-electron chi connectivity index (χ2n) is 6.57. The van der Waals surface area contributed by atoms with Gasteiger partial charge in [-0.05, 0) is 36.2 Å². The van der Waals surface area contributed by atoms with Gasteiger partial charge in [0, 0.05) is 19.6 Å². The first kappa shape index (κ1) is 16.4. The molecule has 26 heavy (non-hydrogen) atoms. The van der Waals surface area contributed by atoms with Gasteiger partial charge < -0.3 is 19.9 Å². The maximum Gasteiger partial charge on any atom is 0.317 e. The van der Waals surface area contributed by atoms with E-state index in [1.165, 1.54) is 5.56 Å². The number of rotatable bonds is 5. The summed E-state index contributed by atoms with van der Waals surface area (Å²) in [6, 6.07) is 15.9. The molecule has 1 aliphatic rings. The third kappa shape index (κ3) is 3.35. The van der Waals surface area contributed by atoms with E-state index in [4.69, 9.17) is 4.74 Å². The van der Waals surface area contributed by atoms with Gasteiger partial charge >= 0.3 is 6.03 Å². The van der Waals surface area contributed by atoms with Crippen LogP contribution in [0.15, 0.2) is 48.5 Å². The van der Waals surface area contributed by atoms with Crippen molar-refractivity contribution in [2.24, 2.45) is 0 Å². The Morgan fingerprint density at radius 2 is 2.00 bits per heavy atom. The van der Waals surface area contributed by atoms with Crippen LogP contribution in [0.25, 0.3) is 11.0 Å². The van der Waals surface area contributed by atoms with Crippen LogP contribution in [0.2, 0.25) is 0 Å². The average molecular weight is 350 g/mol. The molecule has 6 heteroatoms. The normalized spacial score (nSPS) is 14.3. The summed E-state index contributed by atoms with van der Waals surface area (Å²) in [7, 11) is 1.65. The summed E-state index contributed by atoms with van der Waals surface area (Å²) in [5, 5.41) is 2.99. The molecule has 2 N–H and O–H groups in total. The standard InChI is InChI=1S/C20H22N4O2/c1-26-16-8-6-14(7-9-16)10-11-21-20(25)24-12-15(13-24)19-22-17-4-2-3-5-18(17)23-19/h2-9,15H,10-13H2,1H3,(H,21,25)(H,22,23). The first-order valence-electron chi connectivity index (χ1n) is 8.83. The Labute approximate surface area is 152 Å². The number of para-hydroxylation sites is 2. The average Bonchev–Trinajstić information content (AvgIpc) is 3.04. The minimum absolute atomic E-state index is 0.00845. The number of aromatic amines is 1. The monoisotopic (exact) mass is 350 g/mol. The van der Waals surface area contributed by atoms with Crippen molar-refractivity contribution in [1.29, 1.82) is 0 Å². The Morgan fingerprint density at radius 1 is 1.23 bits per heavy atom. The molecular weight excluding hydrogens is 328 g/mol. The molecule has 1 aliphatic heterocycles. The Kier molecular flexibility index (Phi) is 4.48. The maximum absolute atomic E-state index is 12.2. The van der Waals surface area contributed by atoms with E-state index in [2.05, 4.69) is 15.3 Å². The number of imidazole rings is 1. The molecule has 4 rings (SSSR count). The fourth-order valence-corrected chi connectivity index (χ4v) is 3.20. The first-order valence-corrected chi connectivity index (χ1v) is 8.83. The minimum atomic E-state index is -0.00845. The van der Waals surface area contributed by atoms with Gasteiger partial charge in [-0.3, -0.25) is 0 Å². The predicted octanol–water partition coefficient (Wildman–Crippen LogP) is 2.92. The van der Waals surface area contributed by atoms with Crippen LogP contribution in [-0.2, 0) is 6.42 Å². The fourth-order valence-electron chi connectivity index (χ4n) is 3.20. The van der Waals surface area contributed by atoms with E-state index < -0.39 is 0 Å². The summed E-state index contributed by atoms with van der Waals surface area (Å²) in [6.07, 6.45) is 0.802. The van der Waals surface area contributed by atoms with Gasteiger partial charge in [0.25, 0.3) is 0 Å². The van der Waals surface area contributed by atoms with Crippen LogP contribution in [0, 0.1) is 0 Å². The number of methoxy groups -OCH3 is 1. The van der Waals surface area contributed by atoms with Crippen LogP contribution >= 0.6 is 0 Å². The summed E-state index contributed by atoms with van der Waals surface area (Å²) in [5.41, 5.74) is 3.20. The molecule has 2 aromatic carbocycles. The topological polar surface area (TPSA) is 70.2 Å². The van der Waals surface area contributed by atoms with E-state index in [-0.39, 0.29) is 11.9 Å². The molecule has 0 saturated carbocycles. The number of hydrogen-bond acceptors (Lipinski definition) is 3. The van der Waals surface area contributed by atoms with E-state index >= 15 is 0 Å². The molecule has 1 fully saturated rings. The predicted molar refractivity (Wildman–Crippen MR) is 101 cm³/mol. The number of fused-ring (bicyclic) bond motifs is 1. The molecule has 0 spiro atoms. The molecule has 0 aliphatic carbocycles. The summed E-state index contributed by atoms with van der Waals surface area (Å²) in [6.45, 7) is 2.03. The highest BCUT2D eigenvalue weighted by Gasteiger charge is 2.33. The number of urea groups is 1. The zero-order valence-electron chi connectivity index (χ0n) is 14.7. The van der Waals surface area contributed by atoms with Gasteiger partial charge in [0.1, 0.15) is 11.6 Å². The summed E-state index contributed by atoms with van der Waals surface area (Å²) in [4.78, 5) is 22.0. The largest absolute Gasteiger partial charge is 0.497 e. The first-order chi connectivity index (χ1) is 12.7. The zero-order valence-corrected chi connectivity index (χ0v) is 14.7. The minimum Gasteiger partial charge on any atom is -0.497 e. The number of likely N-dealkylation sites (tertiary alicyclic amines) is 1. The SMILES string of the molecule is COc1ccc(CCNC(=O)N2CC(c3nc4ccccc4[nH]3)C2)cc1. The van der Waals surface area contributed by atoms with Crippen molar-refractivity contribution in [3.05, 3.63) is 59.9 Å². The molecule has 1 aromatic heterocycles. The van der Waals surface area contributed by atoms with Gasteiger partial charge in [-0.15, -0.1) is 0 Å². The van der Waals surface area contributed by atoms with Crippen molar-refractivity contribution in [2.75, 3.05) is 26.7 Å². The van der Waals surface area contributed by atoms with Crippen LogP contribution < -0.4 is 10.1 Å². The Balaban J connectivity index is 1.24. The number of hydrogen-bond donors (Lipinski definition) is 2. The van der Waals surface area contributed by atoms with Gasteiger partial charge in [0.2, 0.25) is 0 Å². The van der Waals surface area contributed by atoms with Crippen molar-refractivity contribution >= 4 is 17.1 Å². The molecule has 3 aromatic rings. The number of ether oxygens (including phenoxy) is 1. The molecular formula is C20H22N4O2. The van der Waals surface area contributed by atoms with E-state index in [1.54, 1.807) is 7.11 Å². The number of amides is 2. The Hall–Kier alpha value is -3.02. The second-order valence-corrected chi connectivity index (χ2v) is 6.57. The van der Waals surface area contributed by atoms with Crippen LogP contribution in [0.1, 0.15) is 17.3 Å². The molecule has 0 radical (unpaired) electrons. The number of aromatic nitrogens is 2. The second kappa shape index (κ2) is 7.07. The number of nitrogens with zero attached hydrogens (tertiary/aromatic N) is 2. The van der Waals surface area contributed by atoms with Crippen LogP contribution in [-0.4, -0.2) is 47.6 Å². The van der Waals surface area contributed by atoms with E-state index in [0.717, 1.165) is 29.0 Å². The summed E-state index contributed by atoms with van der Waals surface area (Å²) >= 11 is 0. The van der Waals surface area contributed by atoms with Gasteiger partial charge in [0.05, 0.1) is 24.1 Å². The summed E-state index contributed by atoms with van der Waals surface area (Å²) < 4.78 is 5.15. The molecule has 1 saturated heterocycles. The lowest BCUT2D eigenvalue weighted by Gasteiger charge is -2.38. The maximum atomic E-state index is 12.2. The molecule has 0 unspecified atom stereocenters. The lowest BCUT2D eigenvalue weighted by Crippen LogP contribution is -2.53. The van der Waals surface area contributed by atoms with Gasteiger partial charge in [-0.25, -0.2) is 9.78 Å². The molecule has 2 heterocycles. The van der Waals surface area contributed by atoms with Crippen molar-refractivity contribution in [2.45, 2.75) is 12.3 Å². The van der Waals surface area contributed by atoms with Crippen LogP contribution in [0.3, 0.4) is 0 Å². The molecule has 0 atom stereocenters. The number of benzene rings is 2. The Morgan fingerprint density at radius 3 is 2.73 bits per heavy atom. The van der Waals surface area contributed by atoms with Gasteiger partial charge in [0.15, 0.2) is 0 Å². The van der Waals surface area contributed by atoms with Crippen LogP contribution in [0.4, 0.5) is 4.79 Å². The van der Waals surface area contributed by atoms with Crippen molar-refractivity contribution in [3.63, 3.8) is 0 Å². The van der Waals surface area contributed by atoms with Crippen molar-refractivity contribution < 1.29 is 9.53 Å². The Bertz CT molecular complexity index is 865. The summed E-state index contributed by atoms with van der Waals surface area (Å²) in [5.74, 6) is 2.10. The fraction of sp³-hybridized carbons (Fsp3) is 0.300. The third-order valence-corrected chi connectivity index (χ3v) is 4.81. The highest BCUT2D eigenvalue weighted by Crippen LogP contribution is 2.26. The number of nitrogens with one attached hydrogen (secondary N) is 2. The number of carbonyl (C=O) groups excluding carboxylic acids is 1. The molecule has 0 bridgehead atoms. The van der Waals surface area contributed by atoms with E-state index in [0.29, 0.717) is 19.6 Å². The highest BCUT2D eigenvalue weighted by molar-refractivity contribution is 5.76. The zero-order chi connectivity index (χ0) is 17.9. The van der Waals surface area contributed by atoms with Crippen molar-refractivity contribution in [3.8, 4) is 5.75 Å². The molecule has 6 nitrogen and oxygen atoms in total.